The number of nitrogens with zero attached hydrogens (tertiary/aromatic N) is 1. The van der Waals surface area contributed by atoms with Gasteiger partial charge in [-0.05, 0) is 112 Å². The lowest BCUT2D eigenvalue weighted by atomic mass is 9.78. The van der Waals surface area contributed by atoms with E-state index in [0.29, 0.717) is 56.1 Å². The summed E-state index contributed by atoms with van der Waals surface area (Å²) in [5, 5.41) is 56.9. The topological polar surface area (TPSA) is 231 Å². The number of hydrogen-bond acceptors (Lipinski definition) is 13. The number of benzene rings is 4. The van der Waals surface area contributed by atoms with Gasteiger partial charge in [0, 0.05) is 6.54 Å². The zero-order valence-electron chi connectivity index (χ0n) is 35.4. The number of hydrogen-bond donors (Lipinski definition) is 6. The fraction of sp³-hybridized carbons (Fsp3) is 0.386. The summed E-state index contributed by atoms with van der Waals surface area (Å²) in [5.74, 6) is -2.30. The molecule has 0 bridgehead atoms. The maximum Gasteiger partial charge on any atom is 0.522 e. The molecule has 20 heteroatoms. The van der Waals surface area contributed by atoms with Crippen LogP contribution in [0.5, 0.6) is 34.5 Å². The van der Waals surface area contributed by atoms with Crippen LogP contribution in [0.15, 0.2) is 66.7 Å². The molecule has 0 saturated carbocycles. The van der Waals surface area contributed by atoms with Crippen LogP contribution >= 0.6 is 0 Å². The summed E-state index contributed by atoms with van der Waals surface area (Å²) in [4.78, 5) is 36.8. The van der Waals surface area contributed by atoms with Crippen molar-refractivity contribution in [3.05, 3.63) is 106 Å². The number of piperidine rings is 1. The number of likely N-dealkylation sites (tertiary alicyclic amines) is 1. The molecule has 4 heterocycles. The van der Waals surface area contributed by atoms with Gasteiger partial charge in [0.15, 0.2) is 0 Å². The van der Waals surface area contributed by atoms with Crippen molar-refractivity contribution in [3.8, 4) is 34.5 Å². The smallest absolute Gasteiger partial charge is 0.522 e. The summed E-state index contributed by atoms with van der Waals surface area (Å²) in [7, 11) is -2.96. The molecule has 4 aromatic rings. The Kier molecular flexibility index (Phi) is 16.8. The fourth-order valence-electron chi connectivity index (χ4n) is 7.62. The minimum absolute atomic E-state index is 0.0138. The maximum absolute atomic E-state index is 12.8. The van der Waals surface area contributed by atoms with Gasteiger partial charge in [-0.1, -0.05) is 55.0 Å². The van der Waals surface area contributed by atoms with Crippen LogP contribution in [0, 0.1) is 0 Å². The molecule has 6 N–H and O–H groups in total. The van der Waals surface area contributed by atoms with Crippen molar-refractivity contribution >= 4 is 39.3 Å². The maximum atomic E-state index is 12.8. The standard InChI is InChI=1S/C16H22BNO5.C16H15BO5.C12H14BFO5/c19-16(20)14-13(22-11-10-18-8-2-1-3-9-18)5-4-12-6-7-17(21)23-15(12)14;18-16(19)14-13(21-10-11-4-2-1-3-5-11)7-6-12-8-9-17(20)22-15(12)14;1-7(14)6-18-9-3-2-8-4-5-13(17)19-11(8)10(9)12(15)16/h4-5,21H,1-3,6-11H2,(H,19,20);1-7,20H,8-10H2,(H,18,19);2-3,7,17H,4-6H2,1H3,(H,15,16). The van der Waals surface area contributed by atoms with Crippen LogP contribution in [-0.2, 0) is 25.9 Å². The van der Waals surface area contributed by atoms with Crippen LogP contribution in [0.1, 0.15) is 79.5 Å². The SMILES string of the molecule is CC(F)COc1ccc2c(c1C(=O)O)OB(O)CC2.O=C(O)c1c(OCCN2CCCCC2)ccc2c1OB(O)CC2.O=C(O)c1c(OCc2ccccc2)ccc2c1OB(O)CC2. The molecule has 4 aliphatic heterocycles. The van der Waals surface area contributed by atoms with Crippen LogP contribution in [0.25, 0.3) is 0 Å². The molecule has 0 aromatic heterocycles. The van der Waals surface area contributed by atoms with Gasteiger partial charge in [0.05, 0.1) is 0 Å². The third-order valence-electron chi connectivity index (χ3n) is 10.8. The molecule has 0 radical (unpaired) electrons. The minimum Gasteiger partial charge on any atom is -0.535 e. The normalized spacial score (nSPS) is 15.7. The second-order valence-corrected chi connectivity index (χ2v) is 15.6. The van der Waals surface area contributed by atoms with Crippen molar-refractivity contribution in [2.75, 3.05) is 32.8 Å². The summed E-state index contributed by atoms with van der Waals surface area (Å²) in [6.07, 6.45) is 5.55. The molecule has 64 heavy (non-hydrogen) atoms. The number of ether oxygens (including phenoxy) is 3. The van der Waals surface area contributed by atoms with Gasteiger partial charge in [-0.15, -0.1) is 0 Å². The van der Waals surface area contributed by atoms with Crippen molar-refractivity contribution in [1.29, 1.82) is 0 Å². The summed E-state index contributed by atoms with van der Waals surface area (Å²) in [6.45, 7) is 4.74. The average molecular weight is 885 g/mol. The predicted octanol–water partition coefficient (Wildman–Crippen LogP) is 5.58. The molecule has 0 spiro atoms. The van der Waals surface area contributed by atoms with E-state index in [-0.39, 0.29) is 58.7 Å². The Bertz CT molecular complexity index is 2250. The second kappa shape index (κ2) is 22.6. The molecule has 16 nitrogen and oxygen atoms in total. The number of carboxylic acid groups (broad SMARTS) is 3. The molecule has 1 unspecified atom stereocenters. The predicted molar refractivity (Wildman–Crippen MR) is 234 cm³/mol. The highest BCUT2D eigenvalue weighted by Gasteiger charge is 2.33. The number of carboxylic acids is 3. The molecule has 338 valence electrons. The first-order valence-electron chi connectivity index (χ1n) is 21.3. The lowest BCUT2D eigenvalue weighted by Crippen LogP contribution is -2.33. The Morgan fingerprint density at radius 2 is 1.05 bits per heavy atom. The summed E-state index contributed by atoms with van der Waals surface area (Å²) in [5.41, 5.74) is 3.02. The van der Waals surface area contributed by atoms with E-state index < -0.39 is 45.4 Å². The summed E-state index contributed by atoms with van der Waals surface area (Å²) in [6, 6.07) is 19.6. The number of aromatic carboxylic acids is 3. The van der Waals surface area contributed by atoms with E-state index in [0.717, 1.165) is 36.3 Å². The van der Waals surface area contributed by atoms with Gasteiger partial charge in [-0.3, -0.25) is 4.90 Å². The monoisotopic (exact) mass is 885 g/mol. The first kappa shape index (κ1) is 47.5. The molecule has 4 aromatic carbocycles. The Balaban J connectivity index is 0.000000160. The highest BCUT2D eigenvalue weighted by Crippen LogP contribution is 2.39. The highest BCUT2D eigenvalue weighted by atomic mass is 19.1. The van der Waals surface area contributed by atoms with Crippen LogP contribution in [-0.4, -0.2) is 114 Å². The molecule has 1 fully saturated rings. The largest absolute Gasteiger partial charge is 0.535 e. The van der Waals surface area contributed by atoms with E-state index in [1.54, 1.807) is 24.3 Å². The minimum atomic E-state index is -1.23. The number of alkyl halides is 1. The molecule has 0 aliphatic carbocycles. The van der Waals surface area contributed by atoms with Crippen molar-refractivity contribution in [2.45, 2.75) is 77.2 Å². The zero-order valence-corrected chi connectivity index (χ0v) is 35.4. The molecule has 1 saturated heterocycles. The van der Waals surface area contributed by atoms with Crippen LogP contribution < -0.4 is 28.2 Å². The molecular formula is C44H51B3FNO15. The summed E-state index contributed by atoms with van der Waals surface area (Å²) < 4.78 is 45.1. The number of halogens is 1. The van der Waals surface area contributed by atoms with Crippen LogP contribution in [0.2, 0.25) is 19.0 Å². The Morgan fingerprint density at radius 1 is 0.625 bits per heavy atom. The Hall–Kier alpha value is -5.95. The van der Waals surface area contributed by atoms with Crippen LogP contribution in [0.3, 0.4) is 0 Å². The van der Waals surface area contributed by atoms with Crippen molar-refractivity contribution in [3.63, 3.8) is 0 Å². The van der Waals surface area contributed by atoms with Gasteiger partial charge in [0.25, 0.3) is 0 Å². The highest BCUT2D eigenvalue weighted by molar-refractivity contribution is 6.45. The number of aryl methyl sites for hydroxylation is 3. The molecular weight excluding hydrogens is 834 g/mol. The van der Waals surface area contributed by atoms with E-state index in [1.807, 2.05) is 36.4 Å². The Morgan fingerprint density at radius 3 is 1.47 bits per heavy atom. The number of carbonyl (C=O) groups is 3. The molecule has 4 aliphatic rings. The third kappa shape index (κ3) is 12.6. The number of fused-ring (bicyclic) bond motifs is 3. The Labute approximate surface area is 370 Å². The van der Waals surface area contributed by atoms with Gasteiger partial charge >= 0.3 is 39.3 Å². The van der Waals surface area contributed by atoms with Gasteiger partial charge < -0.3 is 58.6 Å². The van der Waals surface area contributed by atoms with E-state index in [4.69, 9.17) is 28.2 Å². The van der Waals surface area contributed by atoms with E-state index in [9.17, 15) is 49.2 Å². The van der Waals surface area contributed by atoms with Gasteiger partial charge in [0.2, 0.25) is 0 Å². The van der Waals surface area contributed by atoms with Gasteiger partial charge in [-0.25, -0.2) is 18.8 Å². The molecule has 0 amide bonds. The van der Waals surface area contributed by atoms with Gasteiger partial charge in [0.1, 0.15) is 77.2 Å². The quantitative estimate of drug-likeness (QED) is 0.0900. The second-order valence-electron chi connectivity index (χ2n) is 15.6. The number of rotatable bonds is 13. The first-order valence-corrected chi connectivity index (χ1v) is 21.3. The lowest BCUT2D eigenvalue weighted by Gasteiger charge is -2.27. The van der Waals surface area contributed by atoms with Crippen molar-refractivity contribution in [1.82, 2.24) is 4.90 Å². The fourth-order valence-corrected chi connectivity index (χ4v) is 7.62. The van der Waals surface area contributed by atoms with E-state index >= 15 is 0 Å². The lowest BCUT2D eigenvalue weighted by molar-refractivity contribution is 0.0676. The zero-order chi connectivity index (χ0) is 45.8. The molecule has 8 rings (SSSR count). The van der Waals surface area contributed by atoms with Crippen molar-refractivity contribution < 1.29 is 77.3 Å². The van der Waals surface area contributed by atoms with E-state index in [2.05, 4.69) is 4.90 Å². The van der Waals surface area contributed by atoms with Crippen LogP contribution in [0.4, 0.5) is 4.39 Å². The van der Waals surface area contributed by atoms with E-state index in [1.165, 1.54) is 32.3 Å². The molecule has 1 atom stereocenters. The third-order valence-corrected chi connectivity index (χ3v) is 10.8. The summed E-state index contributed by atoms with van der Waals surface area (Å²) >= 11 is 0. The first-order chi connectivity index (χ1) is 30.8. The average Bonchev–Trinajstić information content (AvgIpc) is 3.27. The van der Waals surface area contributed by atoms with Gasteiger partial charge in [-0.2, -0.15) is 0 Å². The van der Waals surface area contributed by atoms with Crippen molar-refractivity contribution in [2.24, 2.45) is 0 Å².